The highest BCUT2D eigenvalue weighted by Crippen LogP contribution is 2.39. The van der Waals surface area contributed by atoms with Crippen LogP contribution in [0, 0.1) is 11.3 Å². The van der Waals surface area contributed by atoms with Gasteiger partial charge >= 0.3 is 0 Å². The number of unbranched alkanes of at least 4 members (excludes halogenated alkanes) is 12. The molecule has 2 rings (SSSR count). The second-order valence-corrected chi connectivity index (χ2v) is 13.1. The van der Waals surface area contributed by atoms with Crippen LogP contribution in [0.4, 0.5) is 0 Å². The molecule has 7 heteroatoms. The van der Waals surface area contributed by atoms with Crippen molar-refractivity contribution >= 4 is 0 Å². The third kappa shape index (κ3) is 14.5. The number of hydrogen-bond donors (Lipinski definition) is 0. The molecule has 0 radical (unpaired) electrons. The Labute approximate surface area is 292 Å². The van der Waals surface area contributed by atoms with E-state index in [2.05, 4.69) is 35.4 Å². The summed E-state index contributed by atoms with van der Waals surface area (Å²) >= 11 is 0. The van der Waals surface area contributed by atoms with Crippen LogP contribution < -0.4 is 18.9 Å². The van der Waals surface area contributed by atoms with Gasteiger partial charge in [-0.1, -0.05) is 103 Å². The summed E-state index contributed by atoms with van der Waals surface area (Å²) < 4.78 is 22.4. The molecular weight excluding hydrogens is 598 g/mol. The van der Waals surface area contributed by atoms with Gasteiger partial charge in [0.15, 0.2) is 11.5 Å². The molecule has 2 aromatic rings. The summed E-state index contributed by atoms with van der Waals surface area (Å²) in [6.07, 6.45) is 22.2. The number of methoxy groups -OCH3 is 3. The molecule has 48 heavy (non-hydrogen) atoms. The Bertz CT molecular complexity index is 1190. The molecule has 0 aliphatic carbocycles. The molecule has 0 bridgehead atoms. The van der Waals surface area contributed by atoms with Gasteiger partial charge in [0.2, 0.25) is 5.75 Å². The van der Waals surface area contributed by atoms with Crippen LogP contribution >= 0.6 is 0 Å². The Morgan fingerprint density at radius 1 is 0.729 bits per heavy atom. The molecule has 0 spiro atoms. The molecule has 268 valence electrons. The lowest BCUT2D eigenvalue weighted by Gasteiger charge is -2.28. The van der Waals surface area contributed by atoms with Crippen molar-refractivity contribution in [3.05, 3.63) is 47.5 Å². The number of nitriles is 1. The van der Waals surface area contributed by atoms with E-state index in [1.165, 1.54) is 77.0 Å². The van der Waals surface area contributed by atoms with Gasteiger partial charge in [0, 0.05) is 7.05 Å². The van der Waals surface area contributed by atoms with Crippen molar-refractivity contribution in [2.45, 2.75) is 147 Å². The Kier molecular flexibility index (Phi) is 21.1. The molecule has 0 saturated heterocycles. The third-order valence-corrected chi connectivity index (χ3v) is 9.53. The maximum atomic E-state index is 10.7. The number of aryl methyl sites for hydroxylation is 1. The minimum absolute atomic E-state index is 0.0663. The summed E-state index contributed by atoms with van der Waals surface area (Å²) in [6, 6.07) is 15.1. The van der Waals surface area contributed by atoms with Crippen molar-refractivity contribution in [2.75, 3.05) is 35.0 Å². The van der Waals surface area contributed by atoms with Crippen LogP contribution in [0.1, 0.15) is 141 Å². The fraction of sp³-hybridized carbons (Fsp3) is 0.683. The van der Waals surface area contributed by atoms with E-state index in [4.69, 9.17) is 18.9 Å². The molecule has 0 saturated carbocycles. The maximum absolute atomic E-state index is 10.7. The lowest BCUT2D eigenvalue weighted by atomic mass is 9.73. The molecule has 0 aliphatic heterocycles. The number of azo groups is 1. The highest BCUT2D eigenvalue weighted by molar-refractivity contribution is 5.53. The molecule has 0 aromatic heterocycles. The predicted molar refractivity (Wildman–Crippen MR) is 198 cm³/mol. The van der Waals surface area contributed by atoms with Crippen LogP contribution in [-0.4, -0.2) is 41.0 Å². The summed E-state index contributed by atoms with van der Waals surface area (Å²) in [5.74, 6) is 2.74. The summed E-state index contributed by atoms with van der Waals surface area (Å²) in [5, 5.41) is 19.5. The summed E-state index contributed by atoms with van der Waals surface area (Å²) in [5.41, 5.74) is 1.62. The first-order chi connectivity index (χ1) is 23.5. The fourth-order valence-electron chi connectivity index (χ4n) is 6.76. The van der Waals surface area contributed by atoms with Crippen molar-refractivity contribution in [1.82, 2.24) is 0 Å². The third-order valence-electron chi connectivity index (χ3n) is 9.53. The van der Waals surface area contributed by atoms with Crippen molar-refractivity contribution in [1.29, 1.82) is 5.26 Å². The Morgan fingerprint density at radius 2 is 1.31 bits per heavy atom. The Hall–Kier alpha value is -3.27. The van der Waals surface area contributed by atoms with E-state index in [1.54, 1.807) is 28.4 Å². The van der Waals surface area contributed by atoms with Crippen molar-refractivity contribution in [3.8, 4) is 29.1 Å². The van der Waals surface area contributed by atoms with Gasteiger partial charge in [-0.25, -0.2) is 0 Å². The number of nitrogens with zero attached hydrogens (tertiary/aromatic N) is 3. The van der Waals surface area contributed by atoms with Gasteiger partial charge < -0.3 is 18.9 Å². The van der Waals surface area contributed by atoms with Crippen molar-refractivity contribution in [3.63, 3.8) is 0 Å². The van der Waals surface area contributed by atoms with Crippen molar-refractivity contribution in [2.24, 2.45) is 10.2 Å². The minimum atomic E-state index is -0.546. The molecule has 7 nitrogen and oxygen atoms in total. The summed E-state index contributed by atoms with van der Waals surface area (Å²) in [4.78, 5) is 0. The second kappa shape index (κ2) is 24.8. The lowest BCUT2D eigenvalue weighted by molar-refractivity contribution is 0.323. The first-order valence-corrected chi connectivity index (χ1v) is 18.7. The molecular formula is C41H65N3O4. The number of rotatable bonds is 28. The Balaban J connectivity index is 1.98. The summed E-state index contributed by atoms with van der Waals surface area (Å²) in [7, 11) is 6.63. The fourth-order valence-corrected chi connectivity index (χ4v) is 6.76. The van der Waals surface area contributed by atoms with Gasteiger partial charge in [-0.3, -0.25) is 0 Å². The van der Waals surface area contributed by atoms with E-state index >= 15 is 0 Å². The molecule has 2 aromatic carbocycles. The van der Waals surface area contributed by atoms with E-state index < -0.39 is 5.41 Å². The van der Waals surface area contributed by atoms with Crippen LogP contribution in [0.25, 0.3) is 0 Å². The van der Waals surface area contributed by atoms with E-state index in [9.17, 15) is 5.26 Å². The van der Waals surface area contributed by atoms with E-state index in [0.717, 1.165) is 61.8 Å². The molecule has 2 atom stereocenters. The highest BCUT2D eigenvalue weighted by atomic mass is 16.5. The van der Waals surface area contributed by atoms with E-state index in [-0.39, 0.29) is 6.04 Å². The molecule has 0 heterocycles. The quantitative estimate of drug-likeness (QED) is 0.0668. The topological polar surface area (TPSA) is 85.4 Å². The standard InChI is InChI=1S/C41H65N3O4/c1-7-9-10-11-12-13-14-15-16-17-18-19-20-28-41(33-42,35-23-21-25-37(32-35)48-8-2)29-22-24-36(44-43-3)27-26-34-30-38(45-4)40(47-6)39(31-34)46-5/h21,23,25,30-32,36H,7-20,22,24,26-29H2,1-6H3. The largest absolute Gasteiger partial charge is 0.494 e. The van der Waals surface area contributed by atoms with E-state index in [0.29, 0.717) is 23.9 Å². The lowest BCUT2D eigenvalue weighted by Crippen LogP contribution is -2.25. The normalized spacial score (nSPS) is 13.2. The zero-order chi connectivity index (χ0) is 34.9. The minimum Gasteiger partial charge on any atom is -0.494 e. The van der Waals surface area contributed by atoms with Gasteiger partial charge in [0.1, 0.15) is 5.75 Å². The van der Waals surface area contributed by atoms with Crippen molar-refractivity contribution < 1.29 is 18.9 Å². The maximum Gasteiger partial charge on any atom is 0.203 e. The predicted octanol–water partition coefficient (Wildman–Crippen LogP) is 11.6. The average molecular weight is 664 g/mol. The zero-order valence-corrected chi connectivity index (χ0v) is 31.2. The first-order valence-electron chi connectivity index (χ1n) is 18.7. The van der Waals surface area contributed by atoms with E-state index in [1.807, 2.05) is 31.2 Å². The summed E-state index contributed by atoms with van der Waals surface area (Å²) in [6.45, 7) is 4.89. The van der Waals surface area contributed by atoms with Gasteiger partial charge in [-0.2, -0.15) is 15.5 Å². The smallest absolute Gasteiger partial charge is 0.203 e. The number of ether oxygens (including phenoxy) is 4. The average Bonchev–Trinajstić information content (AvgIpc) is 3.11. The molecule has 2 unspecified atom stereocenters. The molecule has 0 aliphatic rings. The Morgan fingerprint density at radius 3 is 1.83 bits per heavy atom. The first kappa shape index (κ1) is 40.9. The highest BCUT2D eigenvalue weighted by Gasteiger charge is 2.32. The molecule has 0 amide bonds. The van der Waals surface area contributed by atoms with Crippen LogP contribution in [0.15, 0.2) is 46.6 Å². The van der Waals surface area contributed by atoms with Gasteiger partial charge in [0.25, 0.3) is 0 Å². The number of benzene rings is 2. The monoisotopic (exact) mass is 663 g/mol. The number of hydrogen-bond acceptors (Lipinski definition) is 7. The van der Waals surface area contributed by atoms with Crippen LogP contribution in [0.3, 0.4) is 0 Å². The van der Waals surface area contributed by atoms with Crippen LogP contribution in [-0.2, 0) is 11.8 Å². The zero-order valence-electron chi connectivity index (χ0n) is 31.2. The van der Waals surface area contributed by atoms with Gasteiger partial charge in [-0.15, -0.1) is 0 Å². The second-order valence-electron chi connectivity index (χ2n) is 13.1. The SMILES string of the molecule is CCCCCCCCCCCCCCCC(C#N)(CCCC(CCc1cc(OC)c(OC)c(OC)c1)N=NC)c1cccc(OCC)c1. The molecule has 0 fully saturated rings. The van der Waals surface area contributed by atoms with Gasteiger partial charge in [0.05, 0.1) is 45.5 Å². The van der Waals surface area contributed by atoms with Gasteiger partial charge in [-0.05, 0) is 80.8 Å². The molecule has 0 N–H and O–H groups in total. The van der Waals surface area contributed by atoms with Crippen LogP contribution in [0.5, 0.6) is 23.0 Å². The van der Waals surface area contributed by atoms with Crippen LogP contribution in [0.2, 0.25) is 0 Å².